The first-order chi connectivity index (χ1) is 12.6. The zero-order valence-corrected chi connectivity index (χ0v) is 14.2. The van der Waals surface area contributed by atoms with Gasteiger partial charge in [-0.2, -0.15) is 13.2 Å². The van der Waals surface area contributed by atoms with E-state index in [9.17, 15) is 22.4 Å². The second kappa shape index (κ2) is 8.46. The number of anilines is 1. The van der Waals surface area contributed by atoms with Crippen LogP contribution in [0.4, 0.5) is 23.5 Å². The predicted octanol–water partition coefficient (Wildman–Crippen LogP) is 0.979. The summed E-state index contributed by atoms with van der Waals surface area (Å²) in [5.41, 5.74) is 0. The molecule has 1 amide bonds. The number of nitrogens with zero attached hydrogens (tertiary/aromatic N) is 3. The number of fused-ring (bicyclic) bond motifs is 1. The molecule has 3 heterocycles. The number of aromatic nitrogens is 2. The molecule has 0 spiro atoms. The third-order valence-electron chi connectivity index (χ3n) is 4.14. The second-order valence-corrected chi connectivity index (χ2v) is 6.08. The number of rotatable bonds is 3. The molecule has 3 rings (SSSR count). The second-order valence-electron chi connectivity index (χ2n) is 6.08. The van der Waals surface area contributed by atoms with Crippen LogP contribution in [0.2, 0.25) is 0 Å². The van der Waals surface area contributed by atoms with Crippen LogP contribution in [0.25, 0.3) is 0 Å². The monoisotopic (exact) mass is 394 g/mol. The molecular formula is C15H18F4N4O4. The number of amides is 1. The Morgan fingerprint density at radius 1 is 1.33 bits per heavy atom. The zero-order valence-electron chi connectivity index (χ0n) is 14.2. The molecule has 0 bridgehead atoms. The number of carbonyl (C=O) groups excluding carboxylic acids is 1. The fraction of sp³-hybridized carbons (Fsp3) is 0.600. The molecule has 2 aliphatic rings. The highest BCUT2D eigenvalue weighted by Crippen LogP contribution is 2.35. The van der Waals surface area contributed by atoms with Crippen molar-refractivity contribution in [1.29, 1.82) is 0 Å². The average Bonchev–Trinajstić information content (AvgIpc) is 3.13. The van der Waals surface area contributed by atoms with Crippen LogP contribution in [0.5, 0.6) is 0 Å². The lowest BCUT2D eigenvalue weighted by atomic mass is 10.0. The van der Waals surface area contributed by atoms with Crippen LogP contribution in [0.3, 0.4) is 0 Å². The first-order valence-corrected chi connectivity index (χ1v) is 7.98. The van der Waals surface area contributed by atoms with Crippen molar-refractivity contribution in [3.05, 3.63) is 18.2 Å². The molecule has 0 unspecified atom stereocenters. The lowest BCUT2D eigenvalue weighted by Gasteiger charge is -2.18. The van der Waals surface area contributed by atoms with Gasteiger partial charge in [0.1, 0.15) is 0 Å². The third kappa shape index (κ3) is 5.74. The molecule has 12 heteroatoms. The fourth-order valence-corrected chi connectivity index (χ4v) is 2.93. The zero-order chi connectivity index (χ0) is 20.2. The quantitative estimate of drug-likeness (QED) is 0.737. The van der Waals surface area contributed by atoms with E-state index < -0.39 is 18.0 Å². The lowest BCUT2D eigenvalue weighted by molar-refractivity contribution is -0.192. The molecular weight excluding hydrogens is 376 g/mol. The molecule has 2 saturated heterocycles. The number of carboxylic acid groups (broad SMARTS) is 1. The van der Waals surface area contributed by atoms with Crippen LogP contribution in [0, 0.1) is 11.7 Å². The van der Waals surface area contributed by atoms with Crippen molar-refractivity contribution in [2.24, 2.45) is 5.92 Å². The number of alkyl halides is 3. The van der Waals surface area contributed by atoms with Crippen LogP contribution >= 0.6 is 0 Å². The van der Waals surface area contributed by atoms with Crippen molar-refractivity contribution in [2.45, 2.75) is 31.2 Å². The molecule has 150 valence electrons. The van der Waals surface area contributed by atoms with Gasteiger partial charge in [0.15, 0.2) is 5.82 Å². The summed E-state index contributed by atoms with van der Waals surface area (Å²) < 4.78 is 50.4. The van der Waals surface area contributed by atoms with E-state index in [1.165, 1.54) is 12.4 Å². The van der Waals surface area contributed by atoms with Crippen molar-refractivity contribution < 1.29 is 37.0 Å². The standard InChI is InChI=1S/C13H17FN4O2.C2HF3O2/c1-15-12(19)3-10-2-8-6-18(7-11(8)20-10)13-16-4-9(14)5-17-13;3-2(4,5)1(6)7/h4-5,8,10-11H,2-3,6-7H2,1H3,(H,15,19);(H,6,7)/t8-,10+,11+;/m0./s1. The van der Waals surface area contributed by atoms with Gasteiger partial charge in [-0.25, -0.2) is 19.2 Å². The number of hydrogen-bond acceptors (Lipinski definition) is 6. The molecule has 27 heavy (non-hydrogen) atoms. The maximum absolute atomic E-state index is 12.8. The van der Waals surface area contributed by atoms with Gasteiger partial charge in [-0.15, -0.1) is 0 Å². The fourth-order valence-electron chi connectivity index (χ4n) is 2.93. The Morgan fingerprint density at radius 3 is 2.41 bits per heavy atom. The Hall–Kier alpha value is -2.50. The summed E-state index contributed by atoms with van der Waals surface area (Å²) in [6.07, 6.45) is -1.34. The van der Waals surface area contributed by atoms with Gasteiger partial charge in [-0.1, -0.05) is 0 Å². The summed E-state index contributed by atoms with van der Waals surface area (Å²) in [5, 5.41) is 9.74. The summed E-state index contributed by atoms with van der Waals surface area (Å²) in [7, 11) is 1.63. The van der Waals surface area contributed by atoms with E-state index in [1.807, 2.05) is 4.90 Å². The number of carboxylic acids is 1. The van der Waals surface area contributed by atoms with E-state index in [2.05, 4.69) is 15.3 Å². The van der Waals surface area contributed by atoms with Gasteiger partial charge in [0.25, 0.3) is 0 Å². The van der Waals surface area contributed by atoms with Gasteiger partial charge < -0.3 is 20.1 Å². The van der Waals surface area contributed by atoms with Crippen molar-refractivity contribution >= 4 is 17.8 Å². The van der Waals surface area contributed by atoms with E-state index in [4.69, 9.17) is 14.6 Å². The predicted molar refractivity (Wildman–Crippen MR) is 83.3 cm³/mol. The van der Waals surface area contributed by atoms with Gasteiger partial charge in [-0.05, 0) is 6.42 Å². The highest BCUT2D eigenvalue weighted by molar-refractivity contribution is 5.76. The van der Waals surface area contributed by atoms with Crippen LogP contribution in [-0.2, 0) is 14.3 Å². The Bertz CT molecular complexity index is 657. The number of halogens is 4. The van der Waals surface area contributed by atoms with Crippen LogP contribution in [0.1, 0.15) is 12.8 Å². The van der Waals surface area contributed by atoms with E-state index in [1.54, 1.807) is 7.05 Å². The largest absolute Gasteiger partial charge is 0.490 e. The highest BCUT2D eigenvalue weighted by atomic mass is 19.4. The highest BCUT2D eigenvalue weighted by Gasteiger charge is 2.43. The summed E-state index contributed by atoms with van der Waals surface area (Å²) >= 11 is 0. The van der Waals surface area contributed by atoms with E-state index in [0.29, 0.717) is 24.8 Å². The molecule has 2 fully saturated rings. The van der Waals surface area contributed by atoms with E-state index in [0.717, 1.165) is 13.0 Å². The Kier molecular flexibility index (Phi) is 6.52. The maximum Gasteiger partial charge on any atom is 0.490 e. The first kappa shape index (κ1) is 20.8. The van der Waals surface area contributed by atoms with E-state index in [-0.39, 0.29) is 18.1 Å². The molecule has 2 aliphatic heterocycles. The van der Waals surface area contributed by atoms with Crippen molar-refractivity contribution in [3.8, 4) is 0 Å². The smallest absolute Gasteiger partial charge is 0.475 e. The number of hydrogen-bond donors (Lipinski definition) is 2. The normalized spacial score (nSPS) is 24.0. The minimum atomic E-state index is -5.08. The van der Waals surface area contributed by atoms with Crippen molar-refractivity contribution in [1.82, 2.24) is 15.3 Å². The van der Waals surface area contributed by atoms with Gasteiger partial charge in [-0.3, -0.25) is 4.79 Å². The van der Waals surface area contributed by atoms with Gasteiger partial charge in [0.2, 0.25) is 11.9 Å². The van der Waals surface area contributed by atoms with Crippen LogP contribution in [-0.4, -0.2) is 65.5 Å². The Labute approximate surface area is 151 Å². The number of nitrogens with one attached hydrogen (secondary N) is 1. The van der Waals surface area contributed by atoms with E-state index >= 15 is 0 Å². The third-order valence-corrected chi connectivity index (χ3v) is 4.14. The number of aliphatic carboxylic acids is 1. The van der Waals surface area contributed by atoms with Crippen LogP contribution in [0.15, 0.2) is 12.4 Å². The topological polar surface area (TPSA) is 105 Å². The Balaban J connectivity index is 0.000000321. The Morgan fingerprint density at radius 2 is 1.93 bits per heavy atom. The molecule has 2 N–H and O–H groups in total. The first-order valence-electron chi connectivity index (χ1n) is 7.98. The number of ether oxygens (including phenoxy) is 1. The summed E-state index contributed by atoms with van der Waals surface area (Å²) in [5.74, 6) is -2.26. The summed E-state index contributed by atoms with van der Waals surface area (Å²) in [4.78, 5) is 30.2. The molecule has 0 saturated carbocycles. The van der Waals surface area contributed by atoms with Crippen LogP contribution < -0.4 is 10.2 Å². The molecule has 3 atom stereocenters. The summed E-state index contributed by atoms with van der Waals surface area (Å²) in [6, 6.07) is 0. The minimum Gasteiger partial charge on any atom is -0.475 e. The number of carbonyl (C=O) groups is 2. The van der Waals surface area contributed by atoms with Crippen molar-refractivity contribution in [3.63, 3.8) is 0 Å². The maximum atomic E-state index is 12.8. The van der Waals surface area contributed by atoms with Crippen molar-refractivity contribution in [2.75, 3.05) is 25.0 Å². The van der Waals surface area contributed by atoms with Gasteiger partial charge in [0.05, 0.1) is 31.0 Å². The molecule has 0 aliphatic carbocycles. The minimum absolute atomic E-state index is 0.00114. The average molecular weight is 394 g/mol. The molecule has 0 aromatic carbocycles. The molecule has 8 nitrogen and oxygen atoms in total. The molecule has 0 radical (unpaired) electrons. The van der Waals surface area contributed by atoms with Gasteiger partial charge >= 0.3 is 12.1 Å². The lowest BCUT2D eigenvalue weighted by Crippen LogP contribution is -2.28. The molecule has 1 aromatic heterocycles. The van der Waals surface area contributed by atoms with Gasteiger partial charge in [0, 0.05) is 26.1 Å². The molecule has 1 aromatic rings. The summed E-state index contributed by atoms with van der Waals surface area (Å²) in [6.45, 7) is 1.49. The SMILES string of the molecule is CNC(=O)C[C@H]1C[C@H]2CN(c3ncc(F)cn3)C[C@H]2O1.O=C(O)C(F)(F)F.